The van der Waals surface area contributed by atoms with Crippen molar-refractivity contribution in [2.24, 2.45) is 0 Å². The summed E-state index contributed by atoms with van der Waals surface area (Å²) in [6.07, 6.45) is 6.91. The van der Waals surface area contributed by atoms with E-state index in [9.17, 15) is 4.79 Å². The van der Waals surface area contributed by atoms with E-state index >= 15 is 0 Å². The topological polar surface area (TPSA) is 107 Å². The lowest BCUT2D eigenvalue weighted by molar-refractivity contribution is -0.161. The lowest BCUT2D eigenvalue weighted by atomic mass is 9.80. The molecule has 3 aromatic heterocycles. The molecule has 8 heteroatoms. The fourth-order valence-corrected chi connectivity index (χ4v) is 4.38. The molecule has 0 atom stereocenters. The van der Waals surface area contributed by atoms with E-state index in [4.69, 9.17) is 9.72 Å². The predicted molar refractivity (Wildman–Crippen MR) is 126 cm³/mol. The molecule has 174 valence electrons. The molecule has 0 fully saturated rings. The van der Waals surface area contributed by atoms with E-state index in [0.717, 1.165) is 60.2 Å². The first-order valence-electron chi connectivity index (χ1n) is 11.5. The summed E-state index contributed by atoms with van der Waals surface area (Å²) in [5, 5.41) is 15.0. The van der Waals surface area contributed by atoms with E-state index in [-0.39, 0.29) is 5.97 Å². The third-order valence-corrected chi connectivity index (χ3v) is 5.98. The van der Waals surface area contributed by atoms with Crippen LogP contribution in [0.2, 0.25) is 0 Å². The molecule has 0 saturated carbocycles. The number of pyridine rings is 2. The number of aryl methyl sites for hydroxylation is 2. The van der Waals surface area contributed by atoms with Gasteiger partial charge in [-0.1, -0.05) is 6.42 Å². The number of ether oxygens (including phenoxy) is 1. The molecule has 1 aliphatic carbocycles. The number of rotatable bonds is 4. The highest BCUT2D eigenvalue weighted by Crippen LogP contribution is 2.43. The Hall–Kier alpha value is -3.16. The molecule has 33 heavy (non-hydrogen) atoms. The number of hydrogen-bond acceptors (Lipinski definition) is 7. The fraction of sp³-hybridized carbons (Fsp3) is 0.520. The number of carbonyl (C=O) groups excluding carboxylic acids is 1. The maximum absolute atomic E-state index is 13.4. The van der Waals surface area contributed by atoms with Crippen molar-refractivity contribution in [3.8, 4) is 22.5 Å². The Morgan fingerprint density at radius 1 is 1.06 bits per heavy atom. The van der Waals surface area contributed by atoms with E-state index in [1.165, 1.54) is 5.56 Å². The Morgan fingerprint density at radius 3 is 2.48 bits per heavy atom. The maximum Gasteiger partial charge on any atom is 0.318 e. The van der Waals surface area contributed by atoms with Gasteiger partial charge in [0.05, 0.1) is 11.3 Å². The van der Waals surface area contributed by atoms with Gasteiger partial charge in [0.25, 0.3) is 0 Å². The number of carbonyl (C=O) groups is 1. The summed E-state index contributed by atoms with van der Waals surface area (Å²) < 4.78 is 5.81. The van der Waals surface area contributed by atoms with Gasteiger partial charge in [-0.05, 0) is 101 Å². The monoisotopic (exact) mass is 448 g/mol. The molecule has 0 aliphatic heterocycles. The Labute approximate surface area is 194 Å². The van der Waals surface area contributed by atoms with Crippen LogP contribution in [0.15, 0.2) is 18.3 Å². The Morgan fingerprint density at radius 2 is 1.82 bits per heavy atom. The molecule has 1 aliphatic rings. The highest BCUT2D eigenvalue weighted by Gasteiger charge is 2.40. The Kier molecular flexibility index (Phi) is 6.03. The van der Waals surface area contributed by atoms with Crippen LogP contribution in [0, 0.1) is 6.92 Å². The van der Waals surface area contributed by atoms with Gasteiger partial charge >= 0.3 is 5.97 Å². The van der Waals surface area contributed by atoms with Crippen molar-refractivity contribution in [2.75, 3.05) is 0 Å². The van der Waals surface area contributed by atoms with Crippen LogP contribution in [0.3, 0.4) is 0 Å². The average Bonchev–Trinajstić information content (AvgIpc) is 3.16. The first kappa shape index (κ1) is 23.0. The summed E-state index contributed by atoms with van der Waals surface area (Å²) in [6.45, 7) is 11.3. The third-order valence-electron chi connectivity index (χ3n) is 5.98. The fourth-order valence-electron chi connectivity index (χ4n) is 4.38. The van der Waals surface area contributed by atoms with Crippen LogP contribution >= 0.6 is 0 Å². The quantitative estimate of drug-likeness (QED) is 0.462. The number of hydrogen-bond donors (Lipinski definition) is 1. The second-order valence-corrected chi connectivity index (χ2v) is 10.2. The number of aromatic amines is 1. The van der Waals surface area contributed by atoms with Crippen molar-refractivity contribution < 1.29 is 9.53 Å². The summed E-state index contributed by atoms with van der Waals surface area (Å²) >= 11 is 0. The predicted octanol–water partition coefficient (Wildman–Crippen LogP) is 4.52. The Bertz CT molecular complexity index is 1160. The van der Waals surface area contributed by atoms with Crippen LogP contribution in [0.4, 0.5) is 0 Å². The molecule has 3 heterocycles. The molecule has 0 bridgehead atoms. The van der Waals surface area contributed by atoms with E-state index in [0.29, 0.717) is 11.5 Å². The van der Waals surface area contributed by atoms with E-state index in [1.807, 2.05) is 53.8 Å². The first-order chi connectivity index (χ1) is 15.6. The number of nitrogens with zero attached hydrogens (tertiary/aromatic N) is 5. The number of aromatic nitrogens is 6. The lowest BCUT2D eigenvalue weighted by Crippen LogP contribution is -2.38. The standard InChI is InChI=1S/C25H32N6O2/c1-15-14-16(12-13-26-15)19-17-10-8-7-9-11-18(17)27-21(20(19)22-28-30-31-29-22)25(5,6)23(32)33-24(2,3)4/h12-14H,7-11H2,1-6H3,(H,28,29,30,31). The summed E-state index contributed by atoms with van der Waals surface area (Å²) in [7, 11) is 0. The van der Waals surface area contributed by atoms with Crippen molar-refractivity contribution in [3.63, 3.8) is 0 Å². The van der Waals surface area contributed by atoms with Gasteiger partial charge in [-0.3, -0.25) is 14.8 Å². The number of fused-ring (bicyclic) bond motifs is 1. The molecule has 0 radical (unpaired) electrons. The zero-order valence-electron chi connectivity index (χ0n) is 20.3. The highest BCUT2D eigenvalue weighted by molar-refractivity contribution is 5.91. The molecular weight excluding hydrogens is 416 g/mol. The zero-order valence-corrected chi connectivity index (χ0v) is 20.3. The lowest BCUT2D eigenvalue weighted by Gasteiger charge is -2.31. The van der Waals surface area contributed by atoms with Gasteiger partial charge in [-0.15, -0.1) is 10.2 Å². The van der Waals surface area contributed by atoms with Gasteiger partial charge < -0.3 is 4.74 Å². The number of H-pyrrole nitrogens is 1. The second kappa shape index (κ2) is 8.65. The normalized spacial score (nSPS) is 14.5. The number of nitrogens with one attached hydrogen (secondary N) is 1. The molecule has 0 aromatic carbocycles. The van der Waals surface area contributed by atoms with Gasteiger partial charge in [-0.2, -0.15) is 5.21 Å². The van der Waals surface area contributed by atoms with Gasteiger partial charge in [-0.25, -0.2) is 0 Å². The Balaban J connectivity index is 2.06. The number of tetrazole rings is 1. The number of esters is 1. The van der Waals surface area contributed by atoms with Crippen molar-refractivity contribution in [1.29, 1.82) is 0 Å². The van der Waals surface area contributed by atoms with Gasteiger partial charge in [0, 0.05) is 17.6 Å². The van der Waals surface area contributed by atoms with Gasteiger partial charge in [0.1, 0.15) is 11.0 Å². The first-order valence-corrected chi connectivity index (χ1v) is 11.5. The highest BCUT2D eigenvalue weighted by atomic mass is 16.6. The van der Waals surface area contributed by atoms with Crippen LogP contribution in [0.25, 0.3) is 22.5 Å². The molecular formula is C25H32N6O2. The summed E-state index contributed by atoms with van der Waals surface area (Å²) in [5.41, 5.74) is 4.88. The van der Waals surface area contributed by atoms with Crippen LogP contribution in [-0.2, 0) is 27.8 Å². The second-order valence-electron chi connectivity index (χ2n) is 10.2. The van der Waals surface area contributed by atoms with Crippen LogP contribution in [0.5, 0.6) is 0 Å². The SMILES string of the molecule is Cc1cc(-c2c3c(nc(C(C)(C)C(=O)OC(C)(C)C)c2-c2nn[nH]n2)CCCCC3)ccn1. The van der Waals surface area contributed by atoms with Crippen LogP contribution in [-0.4, -0.2) is 42.2 Å². The van der Waals surface area contributed by atoms with E-state index in [1.54, 1.807) is 0 Å². The van der Waals surface area contributed by atoms with E-state index < -0.39 is 11.0 Å². The van der Waals surface area contributed by atoms with Gasteiger partial charge in [0.15, 0.2) is 0 Å². The minimum Gasteiger partial charge on any atom is -0.459 e. The molecule has 3 aromatic rings. The maximum atomic E-state index is 13.4. The summed E-state index contributed by atoms with van der Waals surface area (Å²) in [5.74, 6) is 0.0864. The average molecular weight is 449 g/mol. The molecule has 0 saturated heterocycles. The van der Waals surface area contributed by atoms with Crippen LogP contribution in [0.1, 0.15) is 76.5 Å². The molecule has 8 nitrogen and oxygen atoms in total. The van der Waals surface area contributed by atoms with Crippen LogP contribution < -0.4 is 0 Å². The molecule has 0 spiro atoms. The van der Waals surface area contributed by atoms with E-state index in [2.05, 4.69) is 31.7 Å². The molecule has 1 N–H and O–H groups in total. The largest absolute Gasteiger partial charge is 0.459 e. The van der Waals surface area contributed by atoms with Crippen molar-refractivity contribution in [3.05, 3.63) is 41.0 Å². The summed E-state index contributed by atoms with van der Waals surface area (Å²) in [6, 6.07) is 4.07. The third kappa shape index (κ3) is 4.65. The minimum atomic E-state index is -1.03. The van der Waals surface area contributed by atoms with Gasteiger partial charge in [0.2, 0.25) is 5.82 Å². The van der Waals surface area contributed by atoms with Crippen molar-refractivity contribution >= 4 is 5.97 Å². The molecule has 4 rings (SSSR count). The van der Waals surface area contributed by atoms with Crippen molar-refractivity contribution in [2.45, 2.75) is 84.7 Å². The van der Waals surface area contributed by atoms with Crippen molar-refractivity contribution in [1.82, 2.24) is 30.6 Å². The zero-order chi connectivity index (χ0) is 23.8. The smallest absolute Gasteiger partial charge is 0.318 e. The molecule has 0 amide bonds. The summed E-state index contributed by atoms with van der Waals surface area (Å²) in [4.78, 5) is 22.9. The molecule has 0 unspecified atom stereocenters. The minimum absolute atomic E-state index is 0.335.